The number of hydrogen-bond acceptors (Lipinski definition) is 0. The van der Waals surface area contributed by atoms with Gasteiger partial charge >= 0.3 is 0 Å². The first-order valence-electron chi connectivity index (χ1n) is 3.68. The first-order valence-corrected chi connectivity index (χ1v) is 3.68. The monoisotopic (exact) mass is 292 g/mol. The SMILES string of the molecule is C1=CCC(C2=CC=CC2)=C1.Cl.Cl.[Zr]. The standard InChI is InChI=1S/C10H10.2ClH.Zr/c1-2-6-9(5-1)10-7-3-4-8-10;;;/h1-5,7H,6,8H2;2*1H;. The van der Waals surface area contributed by atoms with Crippen molar-refractivity contribution in [2.75, 3.05) is 0 Å². The van der Waals surface area contributed by atoms with Gasteiger partial charge in [-0.1, -0.05) is 36.5 Å². The Kier molecular flexibility index (Phi) is 9.52. The van der Waals surface area contributed by atoms with E-state index in [-0.39, 0.29) is 51.0 Å². The van der Waals surface area contributed by atoms with Crippen LogP contribution in [0.3, 0.4) is 0 Å². The average Bonchev–Trinajstić information content (AvgIpc) is 2.59. The molecule has 0 fully saturated rings. The molecule has 0 N–H and O–H groups in total. The summed E-state index contributed by atoms with van der Waals surface area (Å²) in [5.41, 5.74) is 2.98. The number of hydrogen-bond donors (Lipinski definition) is 0. The summed E-state index contributed by atoms with van der Waals surface area (Å²) in [6, 6.07) is 0. The Bertz CT molecular complexity index is 234. The van der Waals surface area contributed by atoms with Gasteiger partial charge in [0.05, 0.1) is 0 Å². The van der Waals surface area contributed by atoms with Gasteiger partial charge in [0.25, 0.3) is 0 Å². The van der Waals surface area contributed by atoms with E-state index in [1.807, 2.05) is 0 Å². The van der Waals surface area contributed by atoms with Crippen LogP contribution in [0, 0.1) is 0 Å². The summed E-state index contributed by atoms with van der Waals surface area (Å²) in [6.07, 6.45) is 15.4. The van der Waals surface area contributed by atoms with E-state index in [2.05, 4.69) is 36.5 Å². The molecule has 0 nitrogen and oxygen atoms in total. The topological polar surface area (TPSA) is 0 Å². The van der Waals surface area contributed by atoms with E-state index in [4.69, 9.17) is 0 Å². The molecule has 0 saturated heterocycles. The van der Waals surface area contributed by atoms with Gasteiger partial charge in [-0.25, -0.2) is 0 Å². The van der Waals surface area contributed by atoms with E-state index in [9.17, 15) is 0 Å². The second-order valence-electron chi connectivity index (χ2n) is 2.65. The summed E-state index contributed by atoms with van der Waals surface area (Å²) >= 11 is 0. The van der Waals surface area contributed by atoms with Crippen LogP contribution in [-0.2, 0) is 26.2 Å². The summed E-state index contributed by atoms with van der Waals surface area (Å²) in [7, 11) is 0. The smallest absolute Gasteiger partial charge is 0 e. The van der Waals surface area contributed by atoms with E-state index < -0.39 is 0 Å². The summed E-state index contributed by atoms with van der Waals surface area (Å²) in [6.45, 7) is 0. The fraction of sp³-hybridized carbons (Fsp3) is 0.200. The minimum absolute atomic E-state index is 0. The zero-order valence-electron chi connectivity index (χ0n) is 7.19. The molecule has 0 aromatic carbocycles. The van der Waals surface area contributed by atoms with E-state index in [1.54, 1.807) is 0 Å². The summed E-state index contributed by atoms with van der Waals surface area (Å²) in [5, 5.41) is 0. The minimum atomic E-state index is 0. The molecule has 70 valence electrons. The molecule has 0 atom stereocenters. The maximum Gasteiger partial charge on any atom is 0 e. The molecule has 0 spiro atoms. The second-order valence-corrected chi connectivity index (χ2v) is 2.65. The van der Waals surface area contributed by atoms with Gasteiger partial charge in [0.15, 0.2) is 0 Å². The minimum Gasteiger partial charge on any atom is -0.147 e. The van der Waals surface area contributed by atoms with E-state index in [0.29, 0.717) is 0 Å². The molecule has 0 heterocycles. The molecule has 0 aliphatic heterocycles. The molecule has 0 aromatic rings. The Hall–Kier alpha value is 0.423. The molecule has 2 rings (SSSR count). The Balaban J connectivity index is 0. The first kappa shape index (κ1) is 15.9. The van der Waals surface area contributed by atoms with Crippen LogP contribution < -0.4 is 0 Å². The van der Waals surface area contributed by atoms with Gasteiger partial charge in [-0.15, -0.1) is 24.8 Å². The summed E-state index contributed by atoms with van der Waals surface area (Å²) in [4.78, 5) is 0. The van der Waals surface area contributed by atoms with E-state index >= 15 is 0 Å². The number of rotatable bonds is 1. The number of allylic oxidation sites excluding steroid dienone is 8. The van der Waals surface area contributed by atoms with Crippen LogP contribution in [0.5, 0.6) is 0 Å². The van der Waals surface area contributed by atoms with Crippen LogP contribution in [0.15, 0.2) is 47.6 Å². The van der Waals surface area contributed by atoms with E-state index in [1.165, 1.54) is 11.1 Å². The quantitative estimate of drug-likeness (QED) is 0.693. The fourth-order valence-corrected chi connectivity index (χ4v) is 1.37. The second kappa shape index (κ2) is 7.79. The van der Waals surface area contributed by atoms with Gasteiger partial charge in [-0.05, 0) is 24.0 Å². The third kappa shape index (κ3) is 3.98. The Labute approximate surface area is 111 Å². The van der Waals surface area contributed by atoms with Gasteiger partial charge in [0.1, 0.15) is 0 Å². The van der Waals surface area contributed by atoms with Gasteiger partial charge in [0, 0.05) is 26.2 Å². The fourth-order valence-electron chi connectivity index (χ4n) is 1.37. The van der Waals surface area contributed by atoms with Gasteiger partial charge in [0.2, 0.25) is 0 Å². The molecule has 13 heavy (non-hydrogen) atoms. The molecule has 0 radical (unpaired) electrons. The van der Waals surface area contributed by atoms with Crippen molar-refractivity contribution < 1.29 is 26.2 Å². The zero-order chi connectivity index (χ0) is 6.81. The normalized spacial score (nSPS) is 16.6. The van der Waals surface area contributed by atoms with Crippen LogP contribution in [-0.4, -0.2) is 0 Å². The van der Waals surface area contributed by atoms with Gasteiger partial charge in [-0.2, -0.15) is 0 Å². The van der Waals surface area contributed by atoms with Crippen LogP contribution in [0.25, 0.3) is 0 Å². The Morgan fingerprint density at radius 1 is 0.769 bits per heavy atom. The maximum absolute atomic E-state index is 2.21. The van der Waals surface area contributed by atoms with Crippen LogP contribution in [0.2, 0.25) is 0 Å². The van der Waals surface area contributed by atoms with Crippen molar-refractivity contribution in [3.63, 3.8) is 0 Å². The maximum atomic E-state index is 2.21. The van der Waals surface area contributed by atoms with Gasteiger partial charge < -0.3 is 0 Å². The molecule has 3 heteroatoms. The van der Waals surface area contributed by atoms with Crippen LogP contribution in [0.1, 0.15) is 12.8 Å². The largest absolute Gasteiger partial charge is 0.147 e. The molecule has 0 bridgehead atoms. The molecular weight excluding hydrogens is 282 g/mol. The molecule has 2 aliphatic rings. The molecule has 0 aromatic heterocycles. The van der Waals surface area contributed by atoms with E-state index in [0.717, 1.165) is 12.8 Å². The molecular formula is C10H12Cl2Zr. The molecule has 0 unspecified atom stereocenters. The van der Waals surface area contributed by atoms with Crippen molar-refractivity contribution in [1.29, 1.82) is 0 Å². The average molecular weight is 294 g/mol. The van der Waals surface area contributed by atoms with Crippen molar-refractivity contribution in [1.82, 2.24) is 0 Å². The van der Waals surface area contributed by atoms with Crippen molar-refractivity contribution >= 4 is 24.8 Å². The first-order chi connectivity index (χ1) is 4.97. The number of halogens is 2. The Morgan fingerprint density at radius 3 is 1.38 bits per heavy atom. The van der Waals surface area contributed by atoms with Crippen molar-refractivity contribution in [3.8, 4) is 0 Å². The molecule has 0 saturated carbocycles. The summed E-state index contributed by atoms with van der Waals surface area (Å²) in [5.74, 6) is 0. The molecule has 0 amide bonds. The zero-order valence-corrected chi connectivity index (χ0v) is 11.3. The third-order valence-corrected chi connectivity index (χ3v) is 1.95. The van der Waals surface area contributed by atoms with Crippen LogP contribution in [0.4, 0.5) is 0 Å². The van der Waals surface area contributed by atoms with Gasteiger partial charge in [-0.3, -0.25) is 0 Å². The van der Waals surface area contributed by atoms with Crippen molar-refractivity contribution in [2.45, 2.75) is 12.8 Å². The van der Waals surface area contributed by atoms with Crippen molar-refractivity contribution in [2.24, 2.45) is 0 Å². The van der Waals surface area contributed by atoms with Crippen LogP contribution >= 0.6 is 24.8 Å². The predicted molar refractivity (Wildman–Crippen MR) is 58.2 cm³/mol. The predicted octanol–water partition coefficient (Wildman–Crippen LogP) is 3.60. The third-order valence-electron chi connectivity index (χ3n) is 1.95. The van der Waals surface area contributed by atoms with Crippen molar-refractivity contribution in [3.05, 3.63) is 47.6 Å². The Morgan fingerprint density at radius 2 is 1.15 bits per heavy atom. The molecule has 2 aliphatic carbocycles. The summed E-state index contributed by atoms with van der Waals surface area (Å²) < 4.78 is 0.